The summed E-state index contributed by atoms with van der Waals surface area (Å²) in [7, 11) is 0. The number of aliphatic hydroxyl groups is 1. The number of halogens is 1. The van der Waals surface area contributed by atoms with E-state index in [2.05, 4.69) is 20.6 Å². The number of nitrogens with one attached hydrogen (secondary N) is 2. The number of rotatable bonds is 7. The molecule has 0 radical (unpaired) electrons. The molecule has 0 saturated carbocycles. The number of aliphatic hydroxyl groups excluding tert-OH is 1. The smallest absolute Gasteiger partial charge is 0.226 e. The van der Waals surface area contributed by atoms with Crippen molar-refractivity contribution in [1.29, 1.82) is 0 Å². The fourth-order valence-electron chi connectivity index (χ4n) is 2.05. The Kier molecular flexibility index (Phi) is 6.46. The molecule has 0 bridgehead atoms. The predicted molar refractivity (Wildman–Crippen MR) is 89.2 cm³/mol. The van der Waals surface area contributed by atoms with Crippen LogP contribution >= 0.6 is 11.6 Å². The third kappa shape index (κ3) is 5.59. The SMILES string of the molecule is CC(CC(=O)Nc1cccnc1Cl)NCC(O)c1ccncc1. The highest BCUT2D eigenvalue weighted by molar-refractivity contribution is 6.32. The van der Waals surface area contributed by atoms with Gasteiger partial charge in [0.2, 0.25) is 5.91 Å². The number of amides is 1. The van der Waals surface area contributed by atoms with Crippen LogP contribution in [0.2, 0.25) is 5.15 Å². The van der Waals surface area contributed by atoms with Crippen LogP contribution in [0.25, 0.3) is 0 Å². The number of hydrogen-bond donors (Lipinski definition) is 3. The van der Waals surface area contributed by atoms with Crippen LogP contribution in [-0.4, -0.2) is 33.6 Å². The second-order valence-corrected chi connectivity index (χ2v) is 5.56. The maximum absolute atomic E-state index is 12.0. The van der Waals surface area contributed by atoms with Gasteiger partial charge in [0.25, 0.3) is 0 Å². The zero-order valence-corrected chi connectivity index (χ0v) is 13.5. The Balaban J connectivity index is 1.77. The minimum Gasteiger partial charge on any atom is -0.387 e. The van der Waals surface area contributed by atoms with Crippen molar-refractivity contribution >= 4 is 23.2 Å². The lowest BCUT2D eigenvalue weighted by molar-refractivity contribution is -0.116. The van der Waals surface area contributed by atoms with E-state index in [1.54, 1.807) is 42.9 Å². The molecule has 0 aliphatic carbocycles. The second-order valence-electron chi connectivity index (χ2n) is 5.20. The first-order valence-electron chi connectivity index (χ1n) is 7.28. The van der Waals surface area contributed by atoms with Crippen LogP contribution in [0.5, 0.6) is 0 Å². The summed E-state index contributed by atoms with van der Waals surface area (Å²) in [5.41, 5.74) is 1.27. The Labute approximate surface area is 139 Å². The molecule has 2 rings (SSSR count). The van der Waals surface area contributed by atoms with Crippen LogP contribution < -0.4 is 10.6 Å². The Morgan fingerprint density at radius 2 is 2.04 bits per heavy atom. The fourth-order valence-corrected chi connectivity index (χ4v) is 2.21. The van der Waals surface area contributed by atoms with Crippen LogP contribution in [0.15, 0.2) is 42.9 Å². The number of carbonyl (C=O) groups excluding carboxylic acids is 1. The lowest BCUT2D eigenvalue weighted by Gasteiger charge is -2.17. The van der Waals surface area contributed by atoms with Crippen molar-refractivity contribution in [1.82, 2.24) is 15.3 Å². The molecule has 1 amide bonds. The molecular formula is C16H19ClN4O2. The number of nitrogens with zero attached hydrogens (tertiary/aromatic N) is 2. The van der Waals surface area contributed by atoms with E-state index in [4.69, 9.17) is 11.6 Å². The molecule has 23 heavy (non-hydrogen) atoms. The highest BCUT2D eigenvalue weighted by Gasteiger charge is 2.13. The maximum atomic E-state index is 12.0. The number of anilines is 1. The number of pyridine rings is 2. The highest BCUT2D eigenvalue weighted by atomic mass is 35.5. The molecule has 122 valence electrons. The molecule has 7 heteroatoms. The summed E-state index contributed by atoms with van der Waals surface area (Å²) in [6.45, 7) is 2.23. The molecule has 0 spiro atoms. The minimum absolute atomic E-state index is 0.0954. The predicted octanol–water partition coefficient (Wildman–Crippen LogP) is 2.17. The van der Waals surface area contributed by atoms with Crippen molar-refractivity contribution in [2.75, 3.05) is 11.9 Å². The van der Waals surface area contributed by atoms with E-state index in [-0.39, 0.29) is 23.5 Å². The van der Waals surface area contributed by atoms with Gasteiger partial charge in [0.05, 0.1) is 11.8 Å². The zero-order valence-electron chi connectivity index (χ0n) is 12.7. The van der Waals surface area contributed by atoms with Crippen molar-refractivity contribution in [2.24, 2.45) is 0 Å². The van der Waals surface area contributed by atoms with Crippen molar-refractivity contribution < 1.29 is 9.90 Å². The summed E-state index contributed by atoms with van der Waals surface area (Å²) < 4.78 is 0. The summed E-state index contributed by atoms with van der Waals surface area (Å²) in [5.74, 6) is -0.168. The van der Waals surface area contributed by atoms with Crippen LogP contribution in [0.4, 0.5) is 5.69 Å². The van der Waals surface area contributed by atoms with Crippen LogP contribution in [0, 0.1) is 0 Å². The van der Waals surface area contributed by atoms with E-state index in [0.29, 0.717) is 12.2 Å². The normalized spacial score (nSPS) is 13.3. The lowest BCUT2D eigenvalue weighted by Crippen LogP contribution is -2.33. The molecule has 0 aliphatic rings. The summed E-state index contributed by atoms with van der Waals surface area (Å²) in [4.78, 5) is 19.8. The van der Waals surface area contributed by atoms with Gasteiger partial charge in [-0.15, -0.1) is 0 Å². The van der Waals surface area contributed by atoms with Crippen LogP contribution in [0.1, 0.15) is 25.0 Å². The third-order valence-electron chi connectivity index (χ3n) is 3.28. The van der Waals surface area contributed by atoms with Gasteiger partial charge in [0, 0.05) is 37.6 Å². The first-order valence-corrected chi connectivity index (χ1v) is 7.66. The average molecular weight is 335 g/mol. The van der Waals surface area contributed by atoms with Crippen molar-refractivity contribution in [3.8, 4) is 0 Å². The van der Waals surface area contributed by atoms with E-state index in [9.17, 15) is 9.90 Å². The maximum Gasteiger partial charge on any atom is 0.226 e. The van der Waals surface area contributed by atoms with Gasteiger partial charge in [-0.05, 0) is 36.8 Å². The number of aromatic nitrogens is 2. The average Bonchev–Trinajstić information content (AvgIpc) is 2.55. The number of hydrogen-bond acceptors (Lipinski definition) is 5. The van der Waals surface area contributed by atoms with Crippen molar-refractivity contribution in [3.05, 3.63) is 53.6 Å². The van der Waals surface area contributed by atoms with Crippen molar-refractivity contribution in [3.63, 3.8) is 0 Å². The van der Waals surface area contributed by atoms with Gasteiger partial charge < -0.3 is 15.7 Å². The molecule has 0 aromatic carbocycles. The quantitative estimate of drug-likeness (QED) is 0.675. The van der Waals surface area contributed by atoms with Gasteiger partial charge in [0.1, 0.15) is 0 Å². The summed E-state index contributed by atoms with van der Waals surface area (Å²) in [6, 6.07) is 6.82. The van der Waals surface area contributed by atoms with Crippen molar-refractivity contribution in [2.45, 2.75) is 25.5 Å². The Morgan fingerprint density at radius 3 is 2.74 bits per heavy atom. The molecule has 0 saturated heterocycles. The second kappa shape index (κ2) is 8.57. The number of carbonyl (C=O) groups is 1. The summed E-state index contributed by atoms with van der Waals surface area (Å²) >= 11 is 5.90. The van der Waals surface area contributed by atoms with E-state index in [0.717, 1.165) is 5.56 Å². The topological polar surface area (TPSA) is 87.1 Å². The van der Waals surface area contributed by atoms with Gasteiger partial charge in [-0.3, -0.25) is 9.78 Å². The highest BCUT2D eigenvalue weighted by Crippen LogP contribution is 2.17. The molecule has 2 aromatic heterocycles. The van der Waals surface area contributed by atoms with Gasteiger partial charge in [-0.1, -0.05) is 11.6 Å². The molecule has 0 aliphatic heterocycles. The lowest BCUT2D eigenvalue weighted by atomic mass is 10.1. The Morgan fingerprint density at radius 1 is 1.30 bits per heavy atom. The van der Waals surface area contributed by atoms with Crippen LogP contribution in [0.3, 0.4) is 0 Å². The molecule has 3 N–H and O–H groups in total. The summed E-state index contributed by atoms with van der Waals surface area (Å²) in [6.07, 6.45) is 4.44. The van der Waals surface area contributed by atoms with Gasteiger partial charge >= 0.3 is 0 Å². The van der Waals surface area contributed by atoms with E-state index < -0.39 is 6.10 Å². The summed E-state index contributed by atoms with van der Waals surface area (Å²) in [5, 5.41) is 16.2. The molecule has 2 heterocycles. The fraction of sp³-hybridized carbons (Fsp3) is 0.312. The third-order valence-corrected chi connectivity index (χ3v) is 3.58. The Bertz CT molecular complexity index is 639. The molecule has 6 nitrogen and oxygen atoms in total. The molecule has 2 aromatic rings. The first kappa shape index (κ1) is 17.3. The van der Waals surface area contributed by atoms with Crippen LogP contribution in [-0.2, 0) is 4.79 Å². The monoisotopic (exact) mass is 334 g/mol. The minimum atomic E-state index is -0.642. The molecule has 2 unspecified atom stereocenters. The van der Waals surface area contributed by atoms with Gasteiger partial charge in [0.15, 0.2) is 5.15 Å². The van der Waals surface area contributed by atoms with E-state index in [1.807, 2.05) is 6.92 Å². The molecular weight excluding hydrogens is 316 g/mol. The largest absolute Gasteiger partial charge is 0.387 e. The standard InChI is InChI=1S/C16H19ClN4O2/c1-11(20-10-14(22)12-4-7-18-8-5-12)9-15(23)21-13-3-2-6-19-16(13)17/h2-8,11,14,20,22H,9-10H2,1H3,(H,21,23). The van der Waals surface area contributed by atoms with Gasteiger partial charge in [-0.2, -0.15) is 0 Å². The molecule has 0 fully saturated rings. The molecule has 2 atom stereocenters. The Hall–Kier alpha value is -2.02. The van der Waals surface area contributed by atoms with E-state index >= 15 is 0 Å². The van der Waals surface area contributed by atoms with Gasteiger partial charge in [-0.25, -0.2) is 4.98 Å². The van der Waals surface area contributed by atoms with E-state index in [1.165, 1.54) is 0 Å². The zero-order chi connectivity index (χ0) is 16.7. The first-order chi connectivity index (χ1) is 11.1.